The highest BCUT2D eigenvalue weighted by Crippen LogP contribution is 2.38. The third kappa shape index (κ3) is 6.15. The number of hydrogen-bond donors (Lipinski definition) is 1. The van der Waals surface area contributed by atoms with Crippen molar-refractivity contribution in [3.05, 3.63) is 87.4 Å². The van der Waals surface area contributed by atoms with Gasteiger partial charge < -0.3 is 19.1 Å². The molecule has 0 atom stereocenters. The highest BCUT2D eigenvalue weighted by molar-refractivity contribution is 6.32. The smallest absolute Gasteiger partial charge is 0.387 e. The number of nitriles is 1. The van der Waals surface area contributed by atoms with E-state index >= 15 is 0 Å². The quantitative estimate of drug-likeness (QED) is 0.235. The fraction of sp³-hybridized carbons (Fsp3) is 0.300. The number of carboxylic acid groups (broad SMARTS) is 1. The third-order valence-electron chi connectivity index (χ3n) is 7.46. The van der Waals surface area contributed by atoms with Gasteiger partial charge in [-0.1, -0.05) is 29.8 Å². The molecule has 8 nitrogen and oxygen atoms in total. The van der Waals surface area contributed by atoms with E-state index in [0.29, 0.717) is 47.3 Å². The van der Waals surface area contributed by atoms with Crippen LogP contribution in [0.25, 0.3) is 11.0 Å². The van der Waals surface area contributed by atoms with E-state index < -0.39 is 18.4 Å². The Morgan fingerprint density at radius 2 is 1.95 bits per heavy atom. The number of imidazole rings is 1. The van der Waals surface area contributed by atoms with Crippen LogP contribution in [-0.2, 0) is 20.2 Å². The van der Waals surface area contributed by atoms with Crippen molar-refractivity contribution >= 4 is 28.6 Å². The Morgan fingerprint density at radius 3 is 2.62 bits per heavy atom. The maximum Gasteiger partial charge on any atom is 0.387 e. The average Bonchev–Trinajstić information content (AvgIpc) is 3.28. The van der Waals surface area contributed by atoms with E-state index in [1.54, 1.807) is 17.7 Å². The molecule has 0 aliphatic carbocycles. The van der Waals surface area contributed by atoms with Gasteiger partial charge in [0.2, 0.25) is 0 Å². The van der Waals surface area contributed by atoms with Crippen molar-refractivity contribution in [2.45, 2.75) is 38.5 Å². The minimum atomic E-state index is -3.12. The van der Waals surface area contributed by atoms with Crippen LogP contribution in [0.5, 0.6) is 11.5 Å². The topological polar surface area (TPSA) is 101 Å². The van der Waals surface area contributed by atoms with Crippen molar-refractivity contribution < 1.29 is 32.5 Å². The molecule has 1 aromatic heterocycles. The van der Waals surface area contributed by atoms with Gasteiger partial charge in [0.25, 0.3) is 0 Å². The first-order valence-electron chi connectivity index (χ1n) is 13.1. The Morgan fingerprint density at radius 1 is 1.19 bits per heavy atom. The SMILES string of the molecule is Cn1c(CN2CCC(c3cccc(OCc4ccc(C#N)cc4F)c3Cl)CC2)nc2c(OC(F)F)cc(C(=O)O)cc21. The van der Waals surface area contributed by atoms with Crippen molar-refractivity contribution in [2.24, 2.45) is 7.05 Å². The number of likely N-dealkylation sites (tertiary alicyclic amines) is 1. The minimum Gasteiger partial charge on any atom is -0.487 e. The number of ether oxygens (including phenoxy) is 2. The highest BCUT2D eigenvalue weighted by Gasteiger charge is 2.26. The number of aromatic carboxylic acids is 1. The van der Waals surface area contributed by atoms with Gasteiger partial charge >= 0.3 is 12.6 Å². The van der Waals surface area contributed by atoms with Crippen molar-refractivity contribution in [2.75, 3.05) is 13.1 Å². The maximum absolute atomic E-state index is 14.3. The summed E-state index contributed by atoms with van der Waals surface area (Å²) < 4.78 is 52.4. The number of hydrogen-bond acceptors (Lipinski definition) is 6. The zero-order valence-corrected chi connectivity index (χ0v) is 23.2. The molecule has 1 aliphatic rings. The number of piperidine rings is 1. The average molecular weight is 599 g/mol. The van der Waals surface area contributed by atoms with Crippen molar-refractivity contribution in [3.8, 4) is 17.6 Å². The Labute approximate surface area is 244 Å². The molecule has 5 rings (SSSR count). The van der Waals surface area contributed by atoms with Crippen LogP contribution >= 0.6 is 11.6 Å². The first kappa shape index (κ1) is 29.2. The number of carboxylic acids is 1. The molecular formula is C30H26ClF3N4O4. The molecule has 42 heavy (non-hydrogen) atoms. The fourth-order valence-electron chi connectivity index (χ4n) is 5.20. The second-order valence-electron chi connectivity index (χ2n) is 10.0. The van der Waals surface area contributed by atoms with Crippen LogP contribution in [0.2, 0.25) is 5.02 Å². The first-order valence-corrected chi connectivity index (χ1v) is 13.5. The Hall–Kier alpha value is -4.27. The molecule has 1 aliphatic heterocycles. The molecule has 1 fully saturated rings. The van der Waals surface area contributed by atoms with Crippen molar-refractivity contribution in [3.63, 3.8) is 0 Å². The summed E-state index contributed by atoms with van der Waals surface area (Å²) >= 11 is 6.72. The molecule has 218 valence electrons. The van der Waals surface area contributed by atoms with Crippen molar-refractivity contribution in [1.29, 1.82) is 5.26 Å². The predicted molar refractivity (Wildman–Crippen MR) is 148 cm³/mol. The zero-order chi connectivity index (χ0) is 30.0. The number of rotatable bonds is 9. The predicted octanol–water partition coefficient (Wildman–Crippen LogP) is 6.50. The van der Waals surface area contributed by atoms with Crippen molar-refractivity contribution in [1.82, 2.24) is 14.5 Å². The summed E-state index contributed by atoms with van der Waals surface area (Å²) in [6.45, 7) is -1.29. The van der Waals surface area contributed by atoms with Crippen LogP contribution in [-0.4, -0.2) is 45.2 Å². The standard InChI is InChI=1S/C30H26ClF3N4O4/c1-37-23-12-20(29(39)40)13-25(42-30(33)34)28(23)36-26(37)15-38-9-7-18(8-10-38)21-3-2-4-24(27(21)31)41-16-19-6-5-17(14-35)11-22(19)32/h2-6,11-13,18,30H,7-10,15-16H2,1H3,(H,39,40). The zero-order valence-electron chi connectivity index (χ0n) is 22.5. The lowest BCUT2D eigenvalue weighted by Gasteiger charge is -2.32. The summed E-state index contributed by atoms with van der Waals surface area (Å²) in [7, 11) is 1.71. The normalized spacial score (nSPS) is 14.3. The van der Waals surface area contributed by atoms with Gasteiger partial charge in [0.15, 0.2) is 5.75 Å². The maximum atomic E-state index is 14.3. The fourth-order valence-corrected chi connectivity index (χ4v) is 5.54. The van der Waals surface area contributed by atoms with Gasteiger partial charge in [-0.05, 0) is 67.7 Å². The third-order valence-corrected chi connectivity index (χ3v) is 7.86. The van der Waals surface area contributed by atoms with Crippen LogP contribution in [0.15, 0.2) is 48.5 Å². The molecular weight excluding hydrogens is 573 g/mol. The van der Waals surface area contributed by atoms with Crippen LogP contribution in [0.4, 0.5) is 13.2 Å². The van der Waals surface area contributed by atoms with E-state index in [0.717, 1.165) is 24.5 Å². The van der Waals surface area contributed by atoms with Gasteiger partial charge in [0.05, 0.1) is 34.3 Å². The Balaban J connectivity index is 1.26. The summed E-state index contributed by atoms with van der Waals surface area (Å²) in [6.07, 6.45) is 1.58. The van der Waals surface area contributed by atoms with Gasteiger partial charge in [-0.2, -0.15) is 14.0 Å². The van der Waals surface area contributed by atoms with Crippen LogP contribution in [0, 0.1) is 17.1 Å². The van der Waals surface area contributed by atoms with E-state index in [9.17, 15) is 23.1 Å². The molecule has 0 unspecified atom stereocenters. The van der Waals surface area contributed by atoms with E-state index in [2.05, 4.69) is 14.6 Å². The summed E-state index contributed by atoms with van der Waals surface area (Å²) in [4.78, 5) is 18.2. The largest absolute Gasteiger partial charge is 0.487 e. The number of benzene rings is 3. The lowest BCUT2D eigenvalue weighted by atomic mass is 9.89. The molecule has 0 amide bonds. The number of carbonyl (C=O) groups is 1. The van der Waals surface area contributed by atoms with Gasteiger partial charge in [0.1, 0.15) is 29.5 Å². The molecule has 0 spiro atoms. The second-order valence-corrected chi connectivity index (χ2v) is 10.4. The Kier molecular flexibility index (Phi) is 8.56. The molecule has 12 heteroatoms. The molecule has 1 saturated heterocycles. The number of alkyl halides is 2. The van der Waals surface area contributed by atoms with E-state index in [-0.39, 0.29) is 34.9 Å². The van der Waals surface area contributed by atoms with E-state index in [1.807, 2.05) is 18.2 Å². The molecule has 1 N–H and O–H groups in total. The Bertz CT molecular complexity index is 1680. The van der Waals surface area contributed by atoms with Crippen LogP contribution in [0.3, 0.4) is 0 Å². The van der Waals surface area contributed by atoms with E-state index in [4.69, 9.17) is 21.6 Å². The summed E-state index contributed by atoms with van der Waals surface area (Å²) in [6, 6.07) is 14.1. The van der Waals surface area contributed by atoms with Gasteiger partial charge in [-0.3, -0.25) is 4.90 Å². The molecule has 2 heterocycles. The highest BCUT2D eigenvalue weighted by atomic mass is 35.5. The number of nitrogens with zero attached hydrogens (tertiary/aromatic N) is 4. The lowest BCUT2D eigenvalue weighted by molar-refractivity contribution is -0.0489. The van der Waals surface area contributed by atoms with Crippen LogP contribution < -0.4 is 9.47 Å². The summed E-state index contributed by atoms with van der Waals surface area (Å²) in [5.41, 5.74) is 1.89. The summed E-state index contributed by atoms with van der Waals surface area (Å²) in [5.74, 6) is -0.853. The monoisotopic (exact) mass is 598 g/mol. The lowest BCUT2D eigenvalue weighted by Crippen LogP contribution is -2.33. The molecule has 0 bridgehead atoms. The molecule has 4 aromatic rings. The van der Waals surface area contributed by atoms with E-state index in [1.165, 1.54) is 24.3 Å². The van der Waals surface area contributed by atoms with Gasteiger partial charge in [-0.25, -0.2) is 14.2 Å². The number of aromatic nitrogens is 2. The number of aryl methyl sites for hydroxylation is 1. The van der Waals surface area contributed by atoms with Gasteiger partial charge in [0, 0.05) is 12.6 Å². The molecule has 0 saturated carbocycles. The first-order chi connectivity index (χ1) is 20.1. The minimum absolute atomic E-state index is 0.0325. The second kappa shape index (κ2) is 12.3. The van der Waals surface area contributed by atoms with Crippen LogP contribution in [0.1, 0.15) is 51.6 Å². The summed E-state index contributed by atoms with van der Waals surface area (Å²) in [5, 5.41) is 18.8. The number of halogens is 4. The van der Waals surface area contributed by atoms with Gasteiger partial charge in [-0.15, -0.1) is 0 Å². The molecule has 3 aromatic carbocycles. The number of fused-ring (bicyclic) bond motifs is 1. The molecule has 0 radical (unpaired) electrons.